The molecule has 1 aliphatic rings. The van der Waals surface area contributed by atoms with Gasteiger partial charge in [0.15, 0.2) is 11.6 Å². The van der Waals surface area contributed by atoms with E-state index in [-0.39, 0.29) is 18.8 Å². The molecule has 2 rings (SSSR count). The Morgan fingerprint density at radius 2 is 1.94 bits per heavy atom. The molecule has 0 saturated carbocycles. The molecule has 1 aliphatic heterocycles. The number of benzene rings is 1. The lowest BCUT2D eigenvalue weighted by molar-refractivity contribution is -0.0427. The summed E-state index contributed by atoms with van der Waals surface area (Å²) in [5.41, 5.74) is 3.98. The molecule has 0 aromatic heterocycles. The number of nitrogens with two attached hydrogens (primary N) is 1. The van der Waals surface area contributed by atoms with Crippen molar-refractivity contribution < 1.29 is 22.3 Å². The predicted molar refractivity (Wildman–Crippen MR) is 60.2 cm³/mol. The summed E-state index contributed by atoms with van der Waals surface area (Å²) in [6.45, 7) is 1.13. The largest absolute Gasteiger partial charge is 0.399 e. The number of hydrogen-bond acceptors (Lipinski definition) is 4. The van der Waals surface area contributed by atoms with Crippen LogP contribution in [0.15, 0.2) is 17.0 Å². The molecule has 1 aromatic rings. The van der Waals surface area contributed by atoms with Gasteiger partial charge in [-0.1, -0.05) is 0 Å². The van der Waals surface area contributed by atoms with Crippen LogP contribution in [0.5, 0.6) is 0 Å². The third kappa shape index (κ3) is 2.06. The Hall–Kier alpha value is -1.25. The molecule has 0 unspecified atom stereocenters. The number of β-amino-alcohol motifs (C(OH)–C–C–N with tert-alkyl or cyclic N) is 1. The Labute approximate surface area is 103 Å². The van der Waals surface area contributed by atoms with Crippen molar-refractivity contribution in [2.75, 3.05) is 18.8 Å². The first-order valence-electron chi connectivity index (χ1n) is 5.10. The third-order valence-corrected chi connectivity index (χ3v) is 4.46. The molecular weight excluding hydrogens is 266 g/mol. The van der Waals surface area contributed by atoms with Crippen LogP contribution < -0.4 is 5.73 Å². The summed E-state index contributed by atoms with van der Waals surface area (Å²) < 4.78 is 51.4. The zero-order valence-corrected chi connectivity index (χ0v) is 10.3. The highest BCUT2D eigenvalue weighted by molar-refractivity contribution is 7.89. The maximum atomic E-state index is 13.5. The van der Waals surface area contributed by atoms with Gasteiger partial charge in [0.05, 0.1) is 5.60 Å². The highest BCUT2D eigenvalue weighted by atomic mass is 32.2. The fraction of sp³-hybridized carbons (Fsp3) is 0.400. The minimum Gasteiger partial charge on any atom is -0.399 e. The van der Waals surface area contributed by atoms with E-state index in [1.54, 1.807) is 0 Å². The number of aliphatic hydroxyl groups is 1. The summed E-state index contributed by atoms with van der Waals surface area (Å²) in [5, 5.41) is 9.47. The lowest BCUT2D eigenvalue weighted by Crippen LogP contribution is -2.61. The highest BCUT2D eigenvalue weighted by Crippen LogP contribution is 2.30. The van der Waals surface area contributed by atoms with Gasteiger partial charge in [-0.15, -0.1) is 0 Å². The SMILES string of the molecule is CC1(O)CN(S(=O)(=O)c2cc(N)cc(F)c2F)C1. The number of hydrogen-bond donors (Lipinski definition) is 2. The second-order valence-electron chi connectivity index (χ2n) is 4.58. The van der Waals surface area contributed by atoms with Crippen LogP contribution in [0.2, 0.25) is 0 Å². The Balaban J connectivity index is 2.43. The molecule has 0 spiro atoms. The maximum absolute atomic E-state index is 13.5. The normalized spacial score (nSPS) is 19.6. The predicted octanol–water partition coefficient (Wildman–Crippen LogP) is 0.302. The first kappa shape index (κ1) is 13.2. The van der Waals surface area contributed by atoms with Gasteiger partial charge in [-0.2, -0.15) is 4.31 Å². The van der Waals surface area contributed by atoms with E-state index in [2.05, 4.69) is 0 Å². The van der Waals surface area contributed by atoms with Gasteiger partial charge in [-0.25, -0.2) is 17.2 Å². The van der Waals surface area contributed by atoms with Crippen molar-refractivity contribution in [1.82, 2.24) is 4.31 Å². The van der Waals surface area contributed by atoms with Gasteiger partial charge in [0.2, 0.25) is 10.0 Å². The summed E-state index contributed by atoms with van der Waals surface area (Å²) in [4.78, 5) is -0.810. The zero-order valence-electron chi connectivity index (χ0n) is 9.52. The smallest absolute Gasteiger partial charge is 0.246 e. The number of nitrogen functional groups attached to an aromatic ring is 1. The molecule has 1 heterocycles. The Bertz CT molecular complexity index is 593. The first-order valence-corrected chi connectivity index (χ1v) is 6.54. The lowest BCUT2D eigenvalue weighted by atomic mass is 10.0. The molecule has 0 atom stereocenters. The van der Waals surface area contributed by atoms with Crippen molar-refractivity contribution in [3.8, 4) is 0 Å². The molecule has 100 valence electrons. The quantitative estimate of drug-likeness (QED) is 0.762. The Kier molecular flexibility index (Phi) is 2.84. The minimum atomic E-state index is -4.17. The van der Waals surface area contributed by atoms with E-state index in [9.17, 15) is 22.3 Å². The average molecular weight is 278 g/mol. The molecule has 3 N–H and O–H groups in total. The third-order valence-electron chi connectivity index (χ3n) is 2.67. The van der Waals surface area contributed by atoms with E-state index in [0.29, 0.717) is 6.07 Å². The summed E-state index contributed by atoms with van der Waals surface area (Å²) in [6, 6.07) is 1.57. The van der Waals surface area contributed by atoms with Crippen molar-refractivity contribution >= 4 is 15.7 Å². The van der Waals surface area contributed by atoms with Crippen LogP contribution >= 0.6 is 0 Å². The molecule has 0 bridgehead atoms. The van der Waals surface area contributed by atoms with Crippen LogP contribution in [0.1, 0.15) is 6.92 Å². The van der Waals surface area contributed by atoms with Gasteiger partial charge in [-0.05, 0) is 19.1 Å². The second kappa shape index (κ2) is 3.87. The van der Waals surface area contributed by atoms with E-state index in [4.69, 9.17) is 5.73 Å². The molecule has 5 nitrogen and oxygen atoms in total. The average Bonchev–Trinajstić information content (AvgIpc) is 2.19. The summed E-state index contributed by atoms with van der Waals surface area (Å²) in [5.74, 6) is -2.78. The van der Waals surface area contributed by atoms with E-state index < -0.39 is 32.2 Å². The first-order chi connectivity index (χ1) is 8.13. The topological polar surface area (TPSA) is 83.6 Å². The number of rotatable bonds is 2. The highest BCUT2D eigenvalue weighted by Gasteiger charge is 2.45. The van der Waals surface area contributed by atoms with E-state index in [1.165, 1.54) is 6.92 Å². The molecule has 0 radical (unpaired) electrons. The number of anilines is 1. The van der Waals surface area contributed by atoms with Crippen LogP contribution in [0.25, 0.3) is 0 Å². The number of sulfonamides is 1. The number of nitrogens with zero attached hydrogens (tertiary/aromatic N) is 1. The minimum absolute atomic E-state index is 0.162. The van der Waals surface area contributed by atoms with Crippen LogP contribution in [-0.4, -0.2) is 36.5 Å². The molecule has 18 heavy (non-hydrogen) atoms. The summed E-state index contributed by atoms with van der Waals surface area (Å²) in [6.07, 6.45) is 0. The molecule has 8 heteroatoms. The van der Waals surface area contributed by atoms with Gasteiger partial charge >= 0.3 is 0 Å². The van der Waals surface area contributed by atoms with Gasteiger partial charge in [-0.3, -0.25) is 0 Å². The van der Waals surface area contributed by atoms with Gasteiger partial charge < -0.3 is 10.8 Å². The second-order valence-corrected chi connectivity index (χ2v) is 6.49. The standard InChI is InChI=1S/C10H12F2N2O3S/c1-10(15)4-14(5-10)18(16,17)8-3-6(13)2-7(11)9(8)12/h2-3,15H,4-5,13H2,1H3. The van der Waals surface area contributed by atoms with Crippen LogP contribution in [0.4, 0.5) is 14.5 Å². The van der Waals surface area contributed by atoms with Crippen molar-refractivity contribution in [3.63, 3.8) is 0 Å². The van der Waals surface area contributed by atoms with E-state index >= 15 is 0 Å². The monoisotopic (exact) mass is 278 g/mol. The van der Waals surface area contributed by atoms with Crippen LogP contribution in [0.3, 0.4) is 0 Å². The fourth-order valence-electron chi connectivity index (χ4n) is 1.79. The van der Waals surface area contributed by atoms with E-state index in [0.717, 1.165) is 10.4 Å². The molecule has 1 saturated heterocycles. The number of halogens is 2. The van der Waals surface area contributed by atoms with Crippen molar-refractivity contribution in [2.24, 2.45) is 0 Å². The van der Waals surface area contributed by atoms with Gasteiger partial charge in [0, 0.05) is 18.8 Å². The van der Waals surface area contributed by atoms with Crippen molar-refractivity contribution in [1.29, 1.82) is 0 Å². The molecule has 0 amide bonds. The molecule has 1 aromatic carbocycles. The van der Waals surface area contributed by atoms with Crippen LogP contribution in [-0.2, 0) is 10.0 Å². The van der Waals surface area contributed by atoms with Gasteiger partial charge in [0.25, 0.3) is 0 Å². The molecular formula is C10H12F2N2O3S. The lowest BCUT2D eigenvalue weighted by Gasteiger charge is -2.42. The fourth-order valence-corrected chi connectivity index (χ4v) is 3.58. The van der Waals surface area contributed by atoms with Crippen LogP contribution in [0, 0.1) is 11.6 Å². The van der Waals surface area contributed by atoms with E-state index in [1.807, 2.05) is 0 Å². The summed E-state index contributed by atoms with van der Waals surface area (Å²) >= 11 is 0. The van der Waals surface area contributed by atoms with Crippen molar-refractivity contribution in [2.45, 2.75) is 17.4 Å². The molecule has 0 aliphatic carbocycles. The van der Waals surface area contributed by atoms with Gasteiger partial charge in [0.1, 0.15) is 4.90 Å². The Morgan fingerprint density at radius 1 is 1.39 bits per heavy atom. The Morgan fingerprint density at radius 3 is 2.44 bits per heavy atom. The molecule has 1 fully saturated rings. The zero-order chi connectivity index (χ0) is 13.7. The van der Waals surface area contributed by atoms with Crippen molar-refractivity contribution in [3.05, 3.63) is 23.8 Å². The summed E-state index contributed by atoms with van der Waals surface area (Å²) in [7, 11) is -4.17. The maximum Gasteiger partial charge on any atom is 0.246 e.